The minimum Gasteiger partial charge on any atom is -0.507 e. The maximum atomic E-state index is 12.0. The Bertz CT molecular complexity index is 902. The van der Waals surface area contributed by atoms with E-state index in [1.165, 1.54) is 12.1 Å². The normalized spacial score (nSPS) is 11.3. The molecule has 3 rings (SSSR count). The molecule has 6 nitrogen and oxygen atoms in total. The van der Waals surface area contributed by atoms with Crippen LogP contribution in [0.25, 0.3) is 10.9 Å². The zero-order chi connectivity index (χ0) is 15.7. The van der Waals surface area contributed by atoms with E-state index < -0.39 is 5.91 Å². The van der Waals surface area contributed by atoms with Gasteiger partial charge >= 0.3 is 0 Å². The Balaban J connectivity index is 2.00. The van der Waals surface area contributed by atoms with E-state index in [1.54, 1.807) is 18.2 Å². The highest BCUT2D eigenvalue weighted by molar-refractivity contribution is 14.1. The summed E-state index contributed by atoms with van der Waals surface area (Å²) >= 11 is 2.13. The minimum atomic E-state index is -0.683. The summed E-state index contributed by atoms with van der Waals surface area (Å²) in [6.07, 6.45) is 0. The molecule has 7 heteroatoms. The second kappa shape index (κ2) is 5.76. The number of carbonyl (C=O) groups excluding carboxylic acids is 1. The number of nitrogens with one attached hydrogen (secondary N) is 1. The lowest BCUT2D eigenvalue weighted by Crippen LogP contribution is -1.93. The quantitative estimate of drug-likeness (QED) is 0.441. The standard InChI is InChI=1S/C15H10IN3O3/c16-10-6-3-5-9-12(10)17-15(22)13(9)18-19-14(21)8-4-1-2-7-11(8)20/h1-7,17,20,22H. The van der Waals surface area contributed by atoms with Crippen LogP contribution in [-0.4, -0.2) is 21.1 Å². The van der Waals surface area contributed by atoms with Gasteiger partial charge in [0.15, 0.2) is 5.69 Å². The van der Waals surface area contributed by atoms with Crippen LogP contribution in [0.3, 0.4) is 0 Å². The first-order valence-corrected chi connectivity index (χ1v) is 7.39. The van der Waals surface area contributed by atoms with Gasteiger partial charge in [0.1, 0.15) is 5.75 Å². The minimum absolute atomic E-state index is 0.0557. The smallest absolute Gasteiger partial charge is 0.299 e. The lowest BCUT2D eigenvalue weighted by molar-refractivity contribution is 0.0992. The second-order valence-corrected chi connectivity index (χ2v) is 5.67. The third kappa shape index (κ3) is 2.54. The molecule has 110 valence electrons. The summed E-state index contributed by atoms with van der Waals surface area (Å²) in [5.74, 6) is -1.01. The van der Waals surface area contributed by atoms with Gasteiger partial charge in [-0.15, -0.1) is 10.2 Å². The predicted octanol–water partition coefficient (Wildman–Crippen LogP) is 4.11. The Kier molecular flexibility index (Phi) is 3.80. The van der Waals surface area contributed by atoms with Crippen molar-refractivity contribution in [2.24, 2.45) is 10.2 Å². The van der Waals surface area contributed by atoms with Gasteiger partial charge in [-0.1, -0.05) is 24.3 Å². The number of benzene rings is 2. The van der Waals surface area contributed by atoms with Crippen molar-refractivity contribution in [2.45, 2.75) is 0 Å². The summed E-state index contributed by atoms with van der Waals surface area (Å²) in [4.78, 5) is 14.8. The molecule has 1 heterocycles. The van der Waals surface area contributed by atoms with Crippen molar-refractivity contribution < 1.29 is 15.0 Å². The summed E-state index contributed by atoms with van der Waals surface area (Å²) < 4.78 is 0.916. The Morgan fingerprint density at radius 3 is 2.64 bits per heavy atom. The van der Waals surface area contributed by atoms with E-state index in [0.717, 1.165) is 9.09 Å². The van der Waals surface area contributed by atoms with Crippen LogP contribution in [0.1, 0.15) is 10.4 Å². The van der Waals surface area contributed by atoms with Gasteiger partial charge in [0.2, 0.25) is 5.88 Å². The number of H-pyrrole nitrogens is 1. The summed E-state index contributed by atoms with van der Waals surface area (Å²) in [6, 6.07) is 11.5. The lowest BCUT2D eigenvalue weighted by atomic mass is 10.2. The fraction of sp³-hybridized carbons (Fsp3) is 0. The van der Waals surface area contributed by atoms with Gasteiger partial charge in [0.05, 0.1) is 11.1 Å². The molecule has 2 aromatic carbocycles. The average molecular weight is 407 g/mol. The Labute approximate surface area is 138 Å². The monoisotopic (exact) mass is 407 g/mol. The van der Waals surface area contributed by atoms with Crippen molar-refractivity contribution in [1.82, 2.24) is 4.98 Å². The number of amides is 1. The highest BCUT2D eigenvalue weighted by Crippen LogP contribution is 2.37. The van der Waals surface area contributed by atoms with Crippen LogP contribution in [0.15, 0.2) is 52.7 Å². The highest BCUT2D eigenvalue weighted by Gasteiger charge is 2.14. The molecule has 0 saturated carbocycles. The molecule has 0 aliphatic heterocycles. The Morgan fingerprint density at radius 2 is 1.86 bits per heavy atom. The second-order valence-electron chi connectivity index (χ2n) is 4.51. The van der Waals surface area contributed by atoms with E-state index >= 15 is 0 Å². The molecule has 0 aliphatic rings. The number of nitrogens with zero attached hydrogens (tertiary/aromatic N) is 2. The lowest BCUT2D eigenvalue weighted by Gasteiger charge is -1.97. The van der Waals surface area contributed by atoms with Crippen LogP contribution in [0, 0.1) is 3.57 Å². The van der Waals surface area contributed by atoms with Gasteiger partial charge in [-0.2, -0.15) is 0 Å². The van der Waals surface area contributed by atoms with E-state index in [1.807, 2.05) is 12.1 Å². The molecule has 0 unspecified atom stereocenters. The number of phenolic OH excluding ortho intramolecular Hbond substituents is 1. The van der Waals surface area contributed by atoms with Crippen molar-refractivity contribution in [3.63, 3.8) is 0 Å². The molecule has 3 aromatic rings. The van der Waals surface area contributed by atoms with Crippen LogP contribution in [0.5, 0.6) is 11.6 Å². The molecule has 1 aromatic heterocycles. The molecule has 0 fully saturated rings. The van der Waals surface area contributed by atoms with Gasteiger partial charge < -0.3 is 15.2 Å². The van der Waals surface area contributed by atoms with E-state index in [9.17, 15) is 15.0 Å². The van der Waals surface area contributed by atoms with Crippen molar-refractivity contribution in [3.05, 3.63) is 51.6 Å². The summed E-state index contributed by atoms with van der Waals surface area (Å²) in [5, 5.41) is 27.6. The van der Waals surface area contributed by atoms with E-state index in [-0.39, 0.29) is 22.9 Å². The van der Waals surface area contributed by atoms with Crippen LogP contribution in [-0.2, 0) is 0 Å². The number of aromatic amines is 1. The van der Waals surface area contributed by atoms with Crippen molar-refractivity contribution in [2.75, 3.05) is 0 Å². The third-order valence-electron chi connectivity index (χ3n) is 3.11. The van der Waals surface area contributed by atoms with E-state index in [2.05, 4.69) is 37.8 Å². The number of halogens is 1. The topological polar surface area (TPSA) is 98.0 Å². The fourth-order valence-electron chi connectivity index (χ4n) is 2.06. The molecule has 1 amide bonds. The van der Waals surface area contributed by atoms with Crippen molar-refractivity contribution in [1.29, 1.82) is 0 Å². The first-order valence-electron chi connectivity index (χ1n) is 6.31. The van der Waals surface area contributed by atoms with Crippen molar-refractivity contribution >= 4 is 45.1 Å². The summed E-state index contributed by atoms with van der Waals surface area (Å²) in [6.45, 7) is 0. The number of carbonyl (C=O) groups is 1. The van der Waals surface area contributed by atoms with E-state index in [4.69, 9.17) is 0 Å². The van der Waals surface area contributed by atoms with Crippen LogP contribution in [0.2, 0.25) is 0 Å². The molecular weight excluding hydrogens is 397 g/mol. The van der Waals surface area contributed by atoms with Crippen molar-refractivity contribution in [3.8, 4) is 11.6 Å². The number of aromatic nitrogens is 1. The van der Waals surface area contributed by atoms with Crippen LogP contribution in [0.4, 0.5) is 5.69 Å². The highest BCUT2D eigenvalue weighted by atomic mass is 127. The first kappa shape index (κ1) is 14.5. The number of phenols is 1. The predicted molar refractivity (Wildman–Crippen MR) is 89.6 cm³/mol. The number of azo groups is 1. The van der Waals surface area contributed by atoms with Gasteiger partial charge in [0, 0.05) is 8.96 Å². The van der Waals surface area contributed by atoms with Gasteiger partial charge in [-0.25, -0.2) is 0 Å². The van der Waals surface area contributed by atoms with Crippen LogP contribution < -0.4 is 0 Å². The number of fused-ring (bicyclic) bond motifs is 1. The maximum absolute atomic E-state index is 12.0. The number of aromatic hydroxyl groups is 2. The molecule has 0 spiro atoms. The maximum Gasteiger partial charge on any atom is 0.299 e. The number of para-hydroxylation sites is 2. The number of rotatable bonds is 2. The fourth-order valence-corrected chi connectivity index (χ4v) is 2.69. The Morgan fingerprint density at radius 1 is 1.09 bits per heavy atom. The number of hydrogen-bond acceptors (Lipinski definition) is 4. The van der Waals surface area contributed by atoms with Gasteiger partial charge in [-0.3, -0.25) is 4.79 Å². The first-order chi connectivity index (χ1) is 10.6. The molecule has 22 heavy (non-hydrogen) atoms. The largest absolute Gasteiger partial charge is 0.507 e. The molecule has 0 atom stereocenters. The Hall–Kier alpha value is -2.42. The zero-order valence-corrected chi connectivity index (χ0v) is 13.3. The summed E-state index contributed by atoms with van der Waals surface area (Å²) in [7, 11) is 0. The average Bonchev–Trinajstić information content (AvgIpc) is 2.82. The zero-order valence-electron chi connectivity index (χ0n) is 11.1. The molecule has 0 radical (unpaired) electrons. The molecule has 0 aliphatic carbocycles. The molecule has 3 N–H and O–H groups in total. The van der Waals surface area contributed by atoms with Gasteiger partial charge in [0.25, 0.3) is 5.91 Å². The molecule has 0 bridgehead atoms. The van der Waals surface area contributed by atoms with Crippen LogP contribution >= 0.6 is 22.6 Å². The van der Waals surface area contributed by atoms with Gasteiger partial charge in [-0.05, 0) is 40.8 Å². The molecular formula is C15H10IN3O3. The molecule has 0 saturated heterocycles. The SMILES string of the molecule is O=C(N=Nc1c(O)[nH]c2c(I)cccc12)c1ccccc1O. The van der Waals surface area contributed by atoms with E-state index in [0.29, 0.717) is 5.39 Å². The number of hydrogen-bond donors (Lipinski definition) is 3. The summed E-state index contributed by atoms with van der Waals surface area (Å²) in [5.41, 5.74) is 0.974. The third-order valence-corrected chi connectivity index (χ3v) is 4.01.